The summed E-state index contributed by atoms with van der Waals surface area (Å²) >= 11 is 5.93. The molecule has 0 aliphatic carbocycles. The van der Waals surface area contributed by atoms with Crippen LogP contribution in [0.2, 0.25) is 5.02 Å². The molecular formula is C14H13ClO5. The summed E-state index contributed by atoms with van der Waals surface area (Å²) in [4.78, 5) is 23.3. The number of halogens is 1. The van der Waals surface area contributed by atoms with E-state index in [-0.39, 0.29) is 6.61 Å². The van der Waals surface area contributed by atoms with Crippen molar-refractivity contribution in [1.29, 1.82) is 0 Å². The molecular weight excluding hydrogens is 284 g/mol. The minimum Gasteiger partial charge on any atom is -0.492 e. The number of hydrogen-bond acceptors (Lipinski definition) is 5. The Morgan fingerprint density at radius 3 is 2.95 bits per heavy atom. The molecule has 5 nitrogen and oxygen atoms in total. The highest BCUT2D eigenvalue weighted by molar-refractivity contribution is 6.30. The average molecular weight is 297 g/mol. The minimum absolute atomic E-state index is 0.245. The Kier molecular flexibility index (Phi) is 3.53. The second-order valence-corrected chi connectivity index (χ2v) is 5.28. The normalized spacial score (nSPS) is 24.6. The Morgan fingerprint density at radius 1 is 1.35 bits per heavy atom. The van der Waals surface area contributed by atoms with Gasteiger partial charge in [0.1, 0.15) is 12.4 Å². The first kappa shape index (κ1) is 13.2. The van der Waals surface area contributed by atoms with Gasteiger partial charge in [-0.2, -0.15) is 0 Å². The smallest absolute Gasteiger partial charge is 0.347 e. The van der Waals surface area contributed by atoms with Gasteiger partial charge in [0.15, 0.2) is 0 Å². The van der Waals surface area contributed by atoms with Crippen molar-refractivity contribution in [3.8, 4) is 5.75 Å². The molecule has 0 aromatic heterocycles. The van der Waals surface area contributed by atoms with Crippen LogP contribution in [0.4, 0.5) is 0 Å². The number of rotatable bonds is 2. The average Bonchev–Trinajstić information content (AvgIpc) is 2.83. The van der Waals surface area contributed by atoms with E-state index < -0.39 is 24.0 Å². The number of carbonyl (C=O) groups is 2. The third-order valence-electron chi connectivity index (χ3n) is 3.41. The Balaban J connectivity index is 1.67. The zero-order valence-electron chi connectivity index (χ0n) is 10.6. The van der Waals surface area contributed by atoms with E-state index in [0.717, 1.165) is 11.3 Å². The van der Waals surface area contributed by atoms with Gasteiger partial charge in [0, 0.05) is 11.4 Å². The van der Waals surface area contributed by atoms with E-state index in [1.54, 1.807) is 18.2 Å². The Bertz CT molecular complexity index is 556. The lowest BCUT2D eigenvalue weighted by molar-refractivity contribution is -0.164. The maximum atomic E-state index is 12.1. The van der Waals surface area contributed by atoms with Gasteiger partial charge in [0.25, 0.3) is 0 Å². The molecule has 0 N–H and O–H groups in total. The van der Waals surface area contributed by atoms with Crippen molar-refractivity contribution in [1.82, 2.24) is 0 Å². The molecule has 0 radical (unpaired) electrons. The predicted molar refractivity (Wildman–Crippen MR) is 69.6 cm³/mol. The lowest BCUT2D eigenvalue weighted by Gasteiger charge is -2.24. The summed E-state index contributed by atoms with van der Waals surface area (Å²) in [7, 11) is 0. The molecule has 6 heteroatoms. The molecule has 20 heavy (non-hydrogen) atoms. The molecule has 0 spiro atoms. The number of benzene rings is 1. The summed E-state index contributed by atoms with van der Waals surface area (Å²) < 4.78 is 15.5. The highest BCUT2D eigenvalue weighted by Gasteiger charge is 2.34. The van der Waals surface area contributed by atoms with Crippen molar-refractivity contribution in [2.45, 2.75) is 18.9 Å². The van der Waals surface area contributed by atoms with Crippen molar-refractivity contribution in [2.75, 3.05) is 13.2 Å². The zero-order valence-corrected chi connectivity index (χ0v) is 11.4. The highest BCUT2D eigenvalue weighted by Crippen LogP contribution is 2.30. The van der Waals surface area contributed by atoms with Crippen LogP contribution in [-0.4, -0.2) is 31.3 Å². The van der Waals surface area contributed by atoms with Crippen molar-refractivity contribution in [3.05, 3.63) is 28.8 Å². The van der Waals surface area contributed by atoms with E-state index in [9.17, 15) is 9.59 Å². The Labute approximate surface area is 120 Å². The van der Waals surface area contributed by atoms with E-state index in [0.29, 0.717) is 24.5 Å². The highest BCUT2D eigenvalue weighted by atomic mass is 35.5. The largest absolute Gasteiger partial charge is 0.492 e. The molecule has 3 rings (SSSR count). The molecule has 1 aromatic carbocycles. The molecule has 0 bridgehead atoms. The van der Waals surface area contributed by atoms with E-state index >= 15 is 0 Å². The van der Waals surface area contributed by atoms with Gasteiger partial charge in [-0.3, -0.25) is 4.79 Å². The van der Waals surface area contributed by atoms with E-state index in [1.807, 2.05) is 0 Å². The van der Waals surface area contributed by atoms with Crippen LogP contribution >= 0.6 is 11.6 Å². The first-order chi connectivity index (χ1) is 9.63. The van der Waals surface area contributed by atoms with Crippen LogP contribution in [-0.2, 0) is 25.5 Å². The van der Waals surface area contributed by atoms with Gasteiger partial charge in [0.2, 0.25) is 6.10 Å². The van der Waals surface area contributed by atoms with Gasteiger partial charge >= 0.3 is 11.9 Å². The van der Waals surface area contributed by atoms with Crippen LogP contribution in [0.1, 0.15) is 12.0 Å². The van der Waals surface area contributed by atoms with Crippen LogP contribution in [0.5, 0.6) is 5.75 Å². The standard InChI is InChI=1S/C14H13ClO5/c15-10-1-2-11-8(6-10)5-9(7-19-11)13(16)20-12-3-4-18-14(12)17/h1-2,6,9,12H,3-5,7H2/t9-,12+/m0/s1. The molecule has 0 amide bonds. The minimum atomic E-state index is -0.775. The number of hydrogen-bond donors (Lipinski definition) is 0. The fraction of sp³-hybridized carbons (Fsp3) is 0.429. The molecule has 2 heterocycles. The van der Waals surface area contributed by atoms with Crippen LogP contribution in [0.15, 0.2) is 18.2 Å². The van der Waals surface area contributed by atoms with Crippen LogP contribution in [0.25, 0.3) is 0 Å². The van der Waals surface area contributed by atoms with Gasteiger partial charge in [-0.15, -0.1) is 0 Å². The maximum Gasteiger partial charge on any atom is 0.347 e. The summed E-state index contributed by atoms with van der Waals surface area (Å²) in [5.74, 6) is -0.592. The summed E-state index contributed by atoms with van der Waals surface area (Å²) in [6.45, 7) is 0.547. The number of carbonyl (C=O) groups excluding carboxylic acids is 2. The molecule has 1 aromatic rings. The molecule has 0 saturated carbocycles. The van der Waals surface area contributed by atoms with Gasteiger partial charge in [-0.1, -0.05) is 11.6 Å². The summed E-state index contributed by atoms with van der Waals surface area (Å²) in [5.41, 5.74) is 0.875. The van der Waals surface area contributed by atoms with E-state index in [2.05, 4.69) is 0 Å². The van der Waals surface area contributed by atoms with Crippen LogP contribution in [0.3, 0.4) is 0 Å². The second-order valence-electron chi connectivity index (χ2n) is 4.85. The summed E-state index contributed by atoms with van der Waals surface area (Å²) in [6, 6.07) is 5.31. The van der Waals surface area contributed by atoms with E-state index in [1.165, 1.54) is 0 Å². The zero-order chi connectivity index (χ0) is 14.1. The van der Waals surface area contributed by atoms with Gasteiger partial charge in [0.05, 0.1) is 12.5 Å². The third-order valence-corrected chi connectivity index (χ3v) is 3.64. The summed E-state index contributed by atoms with van der Waals surface area (Å²) in [5, 5.41) is 0.598. The SMILES string of the molecule is O=C(O[C@@H]1CCOC1=O)[C@@H]1COc2ccc(Cl)cc2C1. The monoisotopic (exact) mass is 296 g/mol. The molecule has 1 fully saturated rings. The van der Waals surface area contributed by atoms with Crippen molar-refractivity contribution in [3.63, 3.8) is 0 Å². The molecule has 2 aliphatic heterocycles. The lowest BCUT2D eigenvalue weighted by Crippen LogP contribution is -2.33. The lowest BCUT2D eigenvalue weighted by atomic mass is 9.97. The molecule has 2 atom stereocenters. The van der Waals surface area contributed by atoms with Crippen molar-refractivity contribution >= 4 is 23.5 Å². The van der Waals surface area contributed by atoms with Crippen molar-refractivity contribution < 1.29 is 23.8 Å². The van der Waals surface area contributed by atoms with Gasteiger partial charge in [-0.25, -0.2) is 4.79 Å². The topological polar surface area (TPSA) is 61.8 Å². The Morgan fingerprint density at radius 2 is 2.20 bits per heavy atom. The fourth-order valence-corrected chi connectivity index (χ4v) is 2.53. The van der Waals surface area contributed by atoms with Crippen LogP contribution < -0.4 is 4.74 Å². The Hall–Kier alpha value is -1.75. The first-order valence-corrected chi connectivity index (χ1v) is 6.79. The third kappa shape index (κ3) is 2.58. The van der Waals surface area contributed by atoms with Gasteiger partial charge in [-0.05, 0) is 30.2 Å². The molecule has 1 saturated heterocycles. The van der Waals surface area contributed by atoms with Gasteiger partial charge < -0.3 is 14.2 Å². The second kappa shape index (κ2) is 5.32. The molecule has 0 unspecified atom stereocenters. The van der Waals surface area contributed by atoms with Crippen molar-refractivity contribution in [2.24, 2.45) is 5.92 Å². The number of cyclic esters (lactones) is 1. The molecule has 106 valence electrons. The number of ether oxygens (including phenoxy) is 3. The number of fused-ring (bicyclic) bond motifs is 1. The van der Waals surface area contributed by atoms with E-state index in [4.69, 9.17) is 25.8 Å². The summed E-state index contributed by atoms with van der Waals surface area (Å²) in [6.07, 6.45) is 0.139. The van der Waals surface area contributed by atoms with Crippen LogP contribution in [0, 0.1) is 5.92 Å². The molecule has 2 aliphatic rings. The number of esters is 2. The fourth-order valence-electron chi connectivity index (χ4n) is 2.34. The maximum absolute atomic E-state index is 12.1. The predicted octanol–water partition coefficient (Wildman–Crippen LogP) is 1.75. The first-order valence-electron chi connectivity index (χ1n) is 6.42. The quantitative estimate of drug-likeness (QED) is 0.778.